The van der Waals surface area contributed by atoms with Crippen LogP contribution in [0.5, 0.6) is 5.75 Å². The van der Waals surface area contributed by atoms with Gasteiger partial charge in [0.25, 0.3) is 0 Å². The first kappa shape index (κ1) is 13.8. The number of hydrogen-bond donors (Lipinski definition) is 1. The summed E-state index contributed by atoms with van der Waals surface area (Å²) >= 11 is 0. The van der Waals surface area contributed by atoms with Crippen molar-refractivity contribution in [3.05, 3.63) is 35.4 Å². The molecule has 0 aliphatic heterocycles. The third-order valence-electron chi connectivity index (χ3n) is 2.17. The summed E-state index contributed by atoms with van der Waals surface area (Å²) in [4.78, 5) is 22.1. The molecule has 0 unspecified atom stereocenters. The maximum absolute atomic E-state index is 11.2. The summed E-state index contributed by atoms with van der Waals surface area (Å²) in [6.07, 6.45) is 2.69. The number of rotatable bonds is 5. The number of methoxy groups -OCH3 is 1. The molecule has 0 saturated heterocycles. The lowest BCUT2D eigenvalue weighted by atomic mass is 10.1. The minimum Gasteiger partial charge on any atom is -0.495 e. The van der Waals surface area contributed by atoms with Crippen molar-refractivity contribution < 1.29 is 24.2 Å². The predicted molar refractivity (Wildman–Crippen MR) is 65.6 cm³/mol. The Labute approximate surface area is 105 Å². The molecule has 0 fully saturated rings. The molecule has 1 aromatic carbocycles. The second-order valence-corrected chi connectivity index (χ2v) is 3.32. The van der Waals surface area contributed by atoms with Crippen LogP contribution in [0.3, 0.4) is 0 Å². The molecule has 0 aromatic heterocycles. The van der Waals surface area contributed by atoms with Gasteiger partial charge in [0.15, 0.2) is 0 Å². The number of para-hydroxylation sites is 1. The van der Waals surface area contributed by atoms with E-state index in [2.05, 4.69) is 0 Å². The van der Waals surface area contributed by atoms with E-state index in [0.29, 0.717) is 5.56 Å². The van der Waals surface area contributed by atoms with Gasteiger partial charge >= 0.3 is 11.9 Å². The molecule has 0 amide bonds. The lowest BCUT2D eigenvalue weighted by molar-refractivity contribution is -0.137. The fourth-order valence-corrected chi connectivity index (χ4v) is 1.43. The summed E-state index contributed by atoms with van der Waals surface area (Å²) in [7, 11) is 1.38. The molecule has 0 saturated carbocycles. The summed E-state index contributed by atoms with van der Waals surface area (Å²) in [5.74, 6) is -1.36. The van der Waals surface area contributed by atoms with Crippen LogP contribution in [0.25, 0.3) is 6.08 Å². The molecule has 1 N–H and O–H groups in total. The Morgan fingerprint density at radius 2 is 2.11 bits per heavy atom. The van der Waals surface area contributed by atoms with Crippen LogP contribution >= 0.6 is 0 Å². The molecule has 0 radical (unpaired) electrons. The molecule has 1 aromatic rings. The fourth-order valence-electron chi connectivity index (χ4n) is 1.43. The van der Waals surface area contributed by atoms with E-state index in [0.717, 1.165) is 0 Å². The van der Waals surface area contributed by atoms with Gasteiger partial charge in [-0.05, 0) is 19.1 Å². The van der Waals surface area contributed by atoms with Crippen molar-refractivity contribution >= 4 is 18.0 Å². The van der Waals surface area contributed by atoms with Crippen LogP contribution in [-0.2, 0) is 9.53 Å². The summed E-state index contributed by atoms with van der Waals surface area (Å²) < 4.78 is 9.78. The monoisotopic (exact) mass is 250 g/mol. The van der Waals surface area contributed by atoms with Gasteiger partial charge in [-0.15, -0.1) is 0 Å². The molecule has 0 heterocycles. The maximum Gasteiger partial charge on any atom is 0.339 e. The van der Waals surface area contributed by atoms with E-state index in [1.54, 1.807) is 19.1 Å². The molecule has 0 aliphatic carbocycles. The van der Waals surface area contributed by atoms with Gasteiger partial charge < -0.3 is 14.6 Å². The van der Waals surface area contributed by atoms with Gasteiger partial charge in [-0.3, -0.25) is 0 Å². The van der Waals surface area contributed by atoms with E-state index < -0.39 is 11.9 Å². The van der Waals surface area contributed by atoms with E-state index in [4.69, 9.17) is 14.6 Å². The maximum atomic E-state index is 11.2. The fraction of sp³-hybridized carbons (Fsp3) is 0.231. The lowest BCUT2D eigenvalue weighted by Crippen LogP contribution is -2.02. The van der Waals surface area contributed by atoms with Crippen molar-refractivity contribution in [2.45, 2.75) is 6.92 Å². The Morgan fingerprint density at radius 1 is 1.39 bits per heavy atom. The SMILES string of the molecule is CCOC(=O)C=Cc1cccc(C(=O)O)c1OC. The quantitative estimate of drug-likeness (QED) is 0.639. The number of carboxylic acids is 1. The second-order valence-electron chi connectivity index (χ2n) is 3.32. The van der Waals surface area contributed by atoms with Crippen LogP contribution in [0, 0.1) is 0 Å². The minimum absolute atomic E-state index is 0.0449. The molecule has 0 aliphatic rings. The van der Waals surface area contributed by atoms with Crippen molar-refractivity contribution in [3.8, 4) is 5.75 Å². The highest BCUT2D eigenvalue weighted by atomic mass is 16.5. The summed E-state index contributed by atoms with van der Waals surface area (Å²) in [5.41, 5.74) is 0.550. The number of aromatic carboxylic acids is 1. The van der Waals surface area contributed by atoms with Crippen molar-refractivity contribution in [3.63, 3.8) is 0 Å². The molecular formula is C13H14O5. The van der Waals surface area contributed by atoms with Crippen LogP contribution in [0.1, 0.15) is 22.8 Å². The molecule has 18 heavy (non-hydrogen) atoms. The van der Waals surface area contributed by atoms with Crippen LogP contribution in [0.15, 0.2) is 24.3 Å². The van der Waals surface area contributed by atoms with Gasteiger partial charge in [0, 0.05) is 11.6 Å². The van der Waals surface area contributed by atoms with E-state index in [-0.39, 0.29) is 17.9 Å². The molecule has 0 bridgehead atoms. The molecule has 0 spiro atoms. The molecule has 5 heteroatoms. The molecule has 0 atom stereocenters. The standard InChI is InChI=1S/C13H14O5/c1-3-18-11(14)8-7-9-5-4-6-10(13(15)16)12(9)17-2/h4-8H,3H2,1-2H3,(H,15,16). The van der Waals surface area contributed by atoms with Gasteiger partial charge in [0.2, 0.25) is 0 Å². The number of hydrogen-bond acceptors (Lipinski definition) is 4. The Hall–Kier alpha value is -2.30. The molecule has 1 rings (SSSR count). The molecular weight excluding hydrogens is 236 g/mol. The number of ether oxygens (including phenoxy) is 2. The van der Waals surface area contributed by atoms with E-state index in [1.807, 2.05) is 0 Å². The Bertz CT molecular complexity index is 476. The van der Waals surface area contributed by atoms with Crippen molar-refractivity contribution in [2.75, 3.05) is 13.7 Å². The normalized spacial score (nSPS) is 10.3. The topological polar surface area (TPSA) is 72.8 Å². The van der Waals surface area contributed by atoms with Gasteiger partial charge in [0.05, 0.1) is 13.7 Å². The smallest absolute Gasteiger partial charge is 0.339 e. The van der Waals surface area contributed by atoms with Crippen LogP contribution in [0.4, 0.5) is 0 Å². The Morgan fingerprint density at radius 3 is 2.67 bits per heavy atom. The van der Waals surface area contributed by atoms with Crippen molar-refractivity contribution in [1.29, 1.82) is 0 Å². The third kappa shape index (κ3) is 3.35. The van der Waals surface area contributed by atoms with Gasteiger partial charge in [-0.1, -0.05) is 12.1 Å². The number of carbonyl (C=O) groups excluding carboxylic acids is 1. The first-order valence-electron chi connectivity index (χ1n) is 5.35. The van der Waals surface area contributed by atoms with Crippen LogP contribution < -0.4 is 4.74 Å². The van der Waals surface area contributed by atoms with E-state index in [1.165, 1.54) is 25.3 Å². The average Bonchev–Trinajstić information content (AvgIpc) is 2.36. The van der Waals surface area contributed by atoms with Crippen molar-refractivity contribution in [1.82, 2.24) is 0 Å². The van der Waals surface area contributed by atoms with E-state index in [9.17, 15) is 9.59 Å². The van der Waals surface area contributed by atoms with Crippen LogP contribution in [-0.4, -0.2) is 30.8 Å². The highest BCUT2D eigenvalue weighted by Crippen LogP contribution is 2.25. The first-order valence-corrected chi connectivity index (χ1v) is 5.35. The lowest BCUT2D eigenvalue weighted by Gasteiger charge is -2.07. The highest BCUT2D eigenvalue weighted by Gasteiger charge is 2.13. The number of carboxylic acid groups (broad SMARTS) is 1. The largest absolute Gasteiger partial charge is 0.495 e. The molecule has 96 valence electrons. The second kappa shape index (κ2) is 6.44. The third-order valence-corrected chi connectivity index (χ3v) is 2.17. The van der Waals surface area contributed by atoms with Gasteiger partial charge in [-0.25, -0.2) is 9.59 Å². The average molecular weight is 250 g/mol. The predicted octanol–water partition coefficient (Wildman–Crippen LogP) is 1.97. The van der Waals surface area contributed by atoms with E-state index >= 15 is 0 Å². The summed E-state index contributed by atoms with van der Waals surface area (Å²) in [6, 6.07) is 4.67. The summed E-state index contributed by atoms with van der Waals surface area (Å²) in [5, 5.41) is 8.99. The number of benzene rings is 1. The number of esters is 1. The van der Waals surface area contributed by atoms with Gasteiger partial charge in [0.1, 0.15) is 11.3 Å². The minimum atomic E-state index is -1.08. The van der Waals surface area contributed by atoms with Gasteiger partial charge in [-0.2, -0.15) is 0 Å². The molecule has 5 nitrogen and oxygen atoms in total. The summed E-state index contributed by atoms with van der Waals surface area (Å²) in [6.45, 7) is 1.99. The zero-order valence-electron chi connectivity index (χ0n) is 10.2. The first-order chi connectivity index (χ1) is 8.60. The van der Waals surface area contributed by atoms with Crippen LogP contribution in [0.2, 0.25) is 0 Å². The zero-order valence-corrected chi connectivity index (χ0v) is 10.2. The highest BCUT2D eigenvalue weighted by molar-refractivity contribution is 5.94. The Kier molecular flexibility index (Phi) is 4.92. The Balaban J connectivity index is 3.06. The van der Waals surface area contributed by atoms with Crippen molar-refractivity contribution in [2.24, 2.45) is 0 Å². The number of carbonyl (C=O) groups is 2. The zero-order chi connectivity index (χ0) is 13.5.